The van der Waals surface area contributed by atoms with Crippen LogP contribution in [0, 0.1) is 0 Å². The summed E-state index contributed by atoms with van der Waals surface area (Å²) in [4.78, 5) is 26.8. The van der Waals surface area contributed by atoms with Crippen molar-refractivity contribution in [3.63, 3.8) is 0 Å². The minimum atomic E-state index is 0.331. The Labute approximate surface area is 109 Å². The molecule has 0 spiro atoms. The Morgan fingerprint density at radius 2 is 1.17 bits per heavy atom. The van der Waals surface area contributed by atoms with E-state index in [1.807, 2.05) is 9.80 Å². The molecule has 0 atom stereocenters. The van der Waals surface area contributed by atoms with E-state index in [9.17, 15) is 9.59 Å². The van der Waals surface area contributed by atoms with Crippen molar-refractivity contribution in [2.24, 2.45) is 0 Å². The van der Waals surface area contributed by atoms with Crippen LogP contribution in [0.4, 0.5) is 0 Å². The number of rotatable bonds is 7. The van der Waals surface area contributed by atoms with Crippen LogP contribution in [-0.2, 0) is 9.59 Å². The molecule has 2 heterocycles. The molecular weight excluding hydrogens is 228 g/mol. The average molecular weight is 252 g/mol. The number of hydrogen-bond donors (Lipinski definition) is 0. The second kappa shape index (κ2) is 6.76. The lowest BCUT2D eigenvalue weighted by atomic mass is 10.2. The maximum absolute atomic E-state index is 11.4. The molecule has 18 heavy (non-hydrogen) atoms. The molecule has 0 aromatic carbocycles. The van der Waals surface area contributed by atoms with Crippen molar-refractivity contribution in [3.8, 4) is 0 Å². The van der Waals surface area contributed by atoms with Gasteiger partial charge in [0.25, 0.3) is 0 Å². The Morgan fingerprint density at radius 3 is 1.50 bits per heavy atom. The molecular formula is C14H24N2O2. The maximum Gasteiger partial charge on any atom is 0.222 e. The summed E-state index contributed by atoms with van der Waals surface area (Å²) in [6.07, 6.45) is 8.14. The van der Waals surface area contributed by atoms with Gasteiger partial charge in [-0.1, -0.05) is 12.8 Å². The SMILES string of the molecule is O=C1CCCN1CCCCCCN1CCCC1=O. The number of likely N-dealkylation sites (tertiary alicyclic amines) is 2. The highest BCUT2D eigenvalue weighted by molar-refractivity contribution is 5.78. The predicted molar refractivity (Wildman–Crippen MR) is 70.1 cm³/mol. The van der Waals surface area contributed by atoms with Crippen LogP contribution < -0.4 is 0 Å². The van der Waals surface area contributed by atoms with E-state index in [1.165, 1.54) is 12.8 Å². The second-order valence-corrected chi connectivity index (χ2v) is 5.38. The van der Waals surface area contributed by atoms with Crippen molar-refractivity contribution in [1.82, 2.24) is 9.80 Å². The first-order chi connectivity index (χ1) is 8.77. The Balaban J connectivity index is 1.46. The van der Waals surface area contributed by atoms with Gasteiger partial charge in [0.2, 0.25) is 11.8 Å². The van der Waals surface area contributed by atoms with Crippen LogP contribution in [0.15, 0.2) is 0 Å². The van der Waals surface area contributed by atoms with Crippen LogP contribution >= 0.6 is 0 Å². The standard InChI is InChI=1S/C14H24N2O2/c17-13-7-5-11-15(13)9-3-1-2-4-10-16-12-6-8-14(16)18/h1-12H2. The Bertz CT molecular complexity index is 274. The van der Waals surface area contributed by atoms with Crippen molar-refractivity contribution in [3.05, 3.63) is 0 Å². The highest BCUT2D eigenvalue weighted by Gasteiger charge is 2.20. The number of amides is 2. The first kappa shape index (κ1) is 13.4. The minimum Gasteiger partial charge on any atom is -0.343 e. The van der Waals surface area contributed by atoms with Gasteiger partial charge in [0.15, 0.2) is 0 Å². The first-order valence-electron chi connectivity index (χ1n) is 7.33. The molecule has 0 radical (unpaired) electrons. The van der Waals surface area contributed by atoms with Gasteiger partial charge in [0.1, 0.15) is 0 Å². The summed E-state index contributed by atoms with van der Waals surface area (Å²) in [6.45, 7) is 3.78. The maximum atomic E-state index is 11.4. The first-order valence-corrected chi connectivity index (χ1v) is 7.33. The van der Waals surface area contributed by atoms with Crippen molar-refractivity contribution in [2.75, 3.05) is 26.2 Å². The summed E-state index contributed by atoms with van der Waals surface area (Å²) < 4.78 is 0. The highest BCUT2D eigenvalue weighted by Crippen LogP contribution is 2.13. The van der Waals surface area contributed by atoms with Gasteiger partial charge in [0.05, 0.1) is 0 Å². The topological polar surface area (TPSA) is 40.6 Å². The Kier molecular flexibility index (Phi) is 5.02. The molecule has 4 nitrogen and oxygen atoms in total. The number of hydrogen-bond acceptors (Lipinski definition) is 2. The molecule has 2 fully saturated rings. The molecule has 4 heteroatoms. The van der Waals surface area contributed by atoms with Crippen LogP contribution in [0.5, 0.6) is 0 Å². The van der Waals surface area contributed by atoms with E-state index >= 15 is 0 Å². The molecule has 2 aliphatic heterocycles. The van der Waals surface area contributed by atoms with Crippen LogP contribution in [0.1, 0.15) is 51.4 Å². The third-order valence-electron chi connectivity index (χ3n) is 3.95. The van der Waals surface area contributed by atoms with E-state index in [4.69, 9.17) is 0 Å². The smallest absolute Gasteiger partial charge is 0.222 e. The summed E-state index contributed by atoms with van der Waals surface area (Å²) in [5.74, 6) is 0.662. The molecule has 2 rings (SSSR count). The molecule has 0 unspecified atom stereocenters. The van der Waals surface area contributed by atoms with Crippen LogP contribution in [0.2, 0.25) is 0 Å². The number of carbonyl (C=O) groups excluding carboxylic acids is 2. The molecule has 2 saturated heterocycles. The molecule has 0 N–H and O–H groups in total. The lowest BCUT2D eigenvalue weighted by Crippen LogP contribution is -2.26. The second-order valence-electron chi connectivity index (χ2n) is 5.38. The molecule has 0 bridgehead atoms. The van der Waals surface area contributed by atoms with Crippen LogP contribution in [0.3, 0.4) is 0 Å². The molecule has 0 aromatic rings. The van der Waals surface area contributed by atoms with Crippen LogP contribution in [0.25, 0.3) is 0 Å². The monoisotopic (exact) mass is 252 g/mol. The van der Waals surface area contributed by atoms with Gasteiger partial charge < -0.3 is 9.80 Å². The van der Waals surface area contributed by atoms with E-state index in [0.717, 1.165) is 64.7 Å². The molecule has 102 valence electrons. The van der Waals surface area contributed by atoms with Crippen molar-refractivity contribution in [2.45, 2.75) is 51.4 Å². The van der Waals surface area contributed by atoms with Gasteiger partial charge in [-0.25, -0.2) is 0 Å². The summed E-state index contributed by atoms with van der Waals surface area (Å²) in [7, 11) is 0. The minimum absolute atomic E-state index is 0.331. The largest absolute Gasteiger partial charge is 0.343 e. The van der Waals surface area contributed by atoms with Gasteiger partial charge in [-0.3, -0.25) is 9.59 Å². The molecule has 0 saturated carbocycles. The lowest BCUT2D eigenvalue weighted by Gasteiger charge is -2.16. The van der Waals surface area contributed by atoms with E-state index in [1.54, 1.807) is 0 Å². The summed E-state index contributed by atoms with van der Waals surface area (Å²) >= 11 is 0. The Morgan fingerprint density at radius 1 is 0.722 bits per heavy atom. The van der Waals surface area contributed by atoms with Gasteiger partial charge in [-0.15, -0.1) is 0 Å². The van der Waals surface area contributed by atoms with Crippen molar-refractivity contribution >= 4 is 11.8 Å². The summed E-state index contributed by atoms with van der Waals surface area (Å²) in [6, 6.07) is 0. The fraction of sp³-hybridized carbons (Fsp3) is 0.857. The highest BCUT2D eigenvalue weighted by atomic mass is 16.2. The summed E-state index contributed by atoms with van der Waals surface area (Å²) in [5, 5.41) is 0. The Hall–Kier alpha value is -1.06. The fourth-order valence-corrected chi connectivity index (χ4v) is 2.84. The normalized spacial score (nSPS) is 20.2. The predicted octanol–water partition coefficient (Wildman–Crippen LogP) is 1.79. The number of nitrogens with zero attached hydrogens (tertiary/aromatic N) is 2. The van der Waals surface area contributed by atoms with Crippen molar-refractivity contribution in [1.29, 1.82) is 0 Å². The van der Waals surface area contributed by atoms with Gasteiger partial charge in [-0.2, -0.15) is 0 Å². The van der Waals surface area contributed by atoms with Gasteiger partial charge in [-0.05, 0) is 25.7 Å². The van der Waals surface area contributed by atoms with Gasteiger partial charge >= 0.3 is 0 Å². The zero-order valence-corrected chi connectivity index (χ0v) is 11.2. The fourth-order valence-electron chi connectivity index (χ4n) is 2.84. The van der Waals surface area contributed by atoms with E-state index in [0.29, 0.717) is 11.8 Å². The van der Waals surface area contributed by atoms with Crippen molar-refractivity contribution < 1.29 is 9.59 Å². The zero-order valence-electron chi connectivity index (χ0n) is 11.2. The third-order valence-corrected chi connectivity index (χ3v) is 3.95. The quantitative estimate of drug-likeness (QED) is 0.648. The number of unbranched alkanes of at least 4 members (excludes halogenated alkanes) is 3. The van der Waals surface area contributed by atoms with E-state index in [2.05, 4.69) is 0 Å². The van der Waals surface area contributed by atoms with E-state index in [-0.39, 0.29) is 0 Å². The average Bonchev–Trinajstić information content (AvgIpc) is 2.94. The molecule has 0 aromatic heterocycles. The summed E-state index contributed by atoms with van der Waals surface area (Å²) in [5.41, 5.74) is 0. The van der Waals surface area contributed by atoms with E-state index < -0.39 is 0 Å². The van der Waals surface area contributed by atoms with Gasteiger partial charge in [0, 0.05) is 39.0 Å². The zero-order chi connectivity index (χ0) is 12.8. The molecule has 2 aliphatic rings. The number of carbonyl (C=O) groups is 2. The van der Waals surface area contributed by atoms with Crippen LogP contribution in [-0.4, -0.2) is 47.8 Å². The lowest BCUT2D eigenvalue weighted by molar-refractivity contribution is -0.128. The third kappa shape index (κ3) is 3.72. The molecule has 2 amide bonds. The molecule has 0 aliphatic carbocycles.